The van der Waals surface area contributed by atoms with Crippen molar-refractivity contribution in [2.75, 3.05) is 18.4 Å². The molecule has 1 aromatic carbocycles. The van der Waals surface area contributed by atoms with E-state index < -0.39 is 11.7 Å². The van der Waals surface area contributed by atoms with Crippen LogP contribution in [0.2, 0.25) is 0 Å². The number of hydrogen-bond donors (Lipinski definition) is 3. The molecule has 3 rings (SSSR count). The average molecular weight is 277 g/mol. The highest BCUT2D eigenvalue weighted by atomic mass is 19.1. The number of aryl methyl sites for hydroxylation is 1. The van der Waals surface area contributed by atoms with Gasteiger partial charge in [0.15, 0.2) is 0 Å². The van der Waals surface area contributed by atoms with Crippen LogP contribution in [0.15, 0.2) is 12.1 Å². The maximum absolute atomic E-state index is 14.0. The number of carbonyl (C=O) groups excluding carboxylic acids is 2. The van der Waals surface area contributed by atoms with E-state index in [1.54, 1.807) is 6.07 Å². The van der Waals surface area contributed by atoms with Crippen LogP contribution in [0.3, 0.4) is 0 Å². The first-order valence-corrected chi connectivity index (χ1v) is 6.77. The second-order valence-electron chi connectivity index (χ2n) is 5.20. The van der Waals surface area contributed by atoms with Gasteiger partial charge < -0.3 is 16.0 Å². The van der Waals surface area contributed by atoms with Gasteiger partial charge in [-0.3, -0.25) is 9.59 Å². The van der Waals surface area contributed by atoms with Crippen molar-refractivity contribution in [1.82, 2.24) is 10.6 Å². The summed E-state index contributed by atoms with van der Waals surface area (Å²) in [5.74, 6) is -1.11. The molecule has 1 atom stereocenters. The van der Waals surface area contributed by atoms with Gasteiger partial charge in [-0.05, 0) is 37.1 Å². The molecule has 0 aliphatic carbocycles. The predicted octanol–water partition coefficient (Wildman–Crippen LogP) is 0.802. The summed E-state index contributed by atoms with van der Waals surface area (Å²) in [7, 11) is 0. The van der Waals surface area contributed by atoms with Gasteiger partial charge in [0.25, 0.3) is 5.91 Å². The summed E-state index contributed by atoms with van der Waals surface area (Å²) in [5.41, 5.74) is 1.32. The van der Waals surface area contributed by atoms with Crippen LogP contribution in [0.1, 0.15) is 28.8 Å². The van der Waals surface area contributed by atoms with Gasteiger partial charge in [-0.1, -0.05) is 0 Å². The van der Waals surface area contributed by atoms with Crippen LogP contribution in [-0.2, 0) is 11.2 Å². The fraction of sp³-hybridized carbons (Fsp3) is 0.429. The lowest BCUT2D eigenvalue weighted by atomic mass is 9.99. The van der Waals surface area contributed by atoms with E-state index in [1.165, 1.54) is 6.07 Å². The van der Waals surface area contributed by atoms with Crippen LogP contribution in [0.5, 0.6) is 0 Å². The molecule has 2 heterocycles. The van der Waals surface area contributed by atoms with Crippen LogP contribution in [0.25, 0.3) is 0 Å². The molecule has 1 aromatic rings. The number of fused-ring (bicyclic) bond motifs is 1. The Kier molecular flexibility index (Phi) is 3.40. The van der Waals surface area contributed by atoms with Crippen LogP contribution in [0, 0.1) is 5.82 Å². The van der Waals surface area contributed by atoms with E-state index >= 15 is 0 Å². The summed E-state index contributed by atoms with van der Waals surface area (Å²) < 4.78 is 14.0. The van der Waals surface area contributed by atoms with Gasteiger partial charge in [0.2, 0.25) is 5.91 Å². The molecular formula is C14H16FN3O2. The molecule has 2 amide bonds. The van der Waals surface area contributed by atoms with E-state index in [-0.39, 0.29) is 17.5 Å². The van der Waals surface area contributed by atoms with Crippen molar-refractivity contribution in [1.29, 1.82) is 0 Å². The maximum atomic E-state index is 14.0. The zero-order valence-corrected chi connectivity index (χ0v) is 11.0. The van der Waals surface area contributed by atoms with Crippen LogP contribution in [-0.4, -0.2) is 30.9 Å². The SMILES string of the molecule is O=C1CCc2cc(C(=O)NC3CCNC3)c(F)cc2N1. The normalized spacial score (nSPS) is 21.2. The molecule has 2 aliphatic heterocycles. The predicted molar refractivity (Wildman–Crippen MR) is 72.1 cm³/mol. The molecule has 20 heavy (non-hydrogen) atoms. The number of rotatable bonds is 2. The van der Waals surface area contributed by atoms with Crippen molar-refractivity contribution in [2.45, 2.75) is 25.3 Å². The minimum Gasteiger partial charge on any atom is -0.348 e. The number of benzene rings is 1. The van der Waals surface area contributed by atoms with Gasteiger partial charge in [0, 0.05) is 24.7 Å². The standard InChI is InChI=1S/C14H16FN3O2/c15-11-6-12-8(1-2-13(19)18-12)5-10(11)14(20)17-9-3-4-16-7-9/h5-6,9,16H,1-4,7H2,(H,17,20)(H,18,19). The molecule has 0 saturated carbocycles. The molecule has 2 aliphatic rings. The molecular weight excluding hydrogens is 261 g/mol. The number of carbonyl (C=O) groups is 2. The molecule has 1 saturated heterocycles. The van der Waals surface area contributed by atoms with Gasteiger partial charge in [-0.25, -0.2) is 4.39 Å². The summed E-state index contributed by atoms with van der Waals surface area (Å²) in [6.45, 7) is 1.58. The second-order valence-corrected chi connectivity index (χ2v) is 5.20. The molecule has 0 radical (unpaired) electrons. The Bertz CT molecular complexity index is 568. The Morgan fingerprint density at radius 3 is 2.95 bits per heavy atom. The lowest BCUT2D eigenvalue weighted by molar-refractivity contribution is -0.116. The van der Waals surface area contributed by atoms with Crippen molar-refractivity contribution >= 4 is 17.5 Å². The van der Waals surface area contributed by atoms with Gasteiger partial charge in [0.05, 0.1) is 5.56 Å². The second kappa shape index (κ2) is 5.20. The molecule has 0 bridgehead atoms. The number of amides is 2. The lowest BCUT2D eigenvalue weighted by Gasteiger charge is -2.19. The molecule has 0 spiro atoms. The molecule has 106 valence electrons. The molecule has 6 heteroatoms. The van der Waals surface area contributed by atoms with Gasteiger partial charge in [0.1, 0.15) is 5.82 Å². The fourth-order valence-corrected chi connectivity index (χ4v) is 2.62. The van der Waals surface area contributed by atoms with Crippen molar-refractivity contribution in [3.63, 3.8) is 0 Å². The molecule has 1 unspecified atom stereocenters. The first-order chi connectivity index (χ1) is 9.63. The monoisotopic (exact) mass is 277 g/mol. The highest BCUT2D eigenvalue weighted by Gasteiger charge is 2.23. The third-order valence-electron chi connectivity index (χ3n) is 3.73. The van der Waals surface area contributed by atoms with E-state index in [0.29, 0.717) is 25.1 Å². The summed E-state index contributed by atoms with van der Waals surface area (Å²) >= 11 is 0. The largest absolute Gasteiger partial charge is 0.348 e. The lowest BCUT2D eigenvalue weighted by Crippen LogP contribution is -2.36. The third-order valence-corrected chi connectivity index (χ3v) is 3.73. The summed E-state index contributed by atoms with van der Waals surface area (Å²) in [4.78, 5) is 23.4. The Labute approximate surface area is 115 Å². The zero-order valence-electron chi connectivity index (χ0n) is 11.0. The average Bonchev–Trinajstić information content (AvgIpc) is 2.90. The summed E-state index contributed by atoms with van der Waals surface area (Å²) in [6.07, 6.45) is 1.76. The van der Waals surface area contributed by atoms with Gasteiger partial charge in [-0.15, -0.1) is 0 Å². The molecule has 5 nitrogen and oxygen atoms in total. The Hall–Kier alpha value is -1.95. The van der Waals surface area contributed by atoms with Crippen molar-refractivity contribution < 1.29 is 14.0 Å². The van der Waals surface area contributed by atoms with E-state index in [2.05, 4.69) is 16.0 Å². The van der Waals surface area contributed by atoms with E-state index in [0.717, 1.165) is 18.5 Å². The Morgan fingerprint density at radius 2 is 2.20 bits per heavy atom. The Morgan fingerprint density at radius 1 is 1.35 bits per heavy atom. The first kappa shape index (κ1) is 13.1. The minimum atomic E-state index is -0.602. The van der Waals surface area contributed by atoms with E-state index in [4.69, 9.17) is 0 Å². The summed E-state index contributed by atoms with van der Waals surface area (Å²) in [5, 5.41) is 8.58. The number of nitrogens with one attached hydrogen (secondary N) is 3. The van der Waals surface area contributed by atoms with E-state index in [9.17, 15) is 14.0 Å². The Balaban J connectivity index is 1.82. The maximum Gasteiger partial charge on any atom is 0.254 e. The topological polar surface area (TPSA) is 70.2 Å². The molecule has 1 fully saturated rings. The fourth-order valence-electron chi connectivity index (χ4n) is 2.62. The quantitative estimate of drug-likeness (QED) is 0.749. The third kappa shape index (κ3) is 2.51. The van der Waals surface area contributed by atoms with E-state index in [1.807, 2.05) is 0 Å². The number of anilines is 1. The highest BCUT2D eigenvalue weighted by Crippen LogP contribution is 2.26. The van der Waals surface area contributed by atoms with Crippen molar-refractivity contribution in [3.05, 3.63) is 29.1 Å². The first-order valence-electron chi connectivity index (χ1n) is 6.77. The summed E-state index contributed by atoms with van der Waals surface area (Å²) in [6, 6.07) is 2.83. The van der Waals surface area contributed by atoms with Crippen molar-refractivity contribution in [3.8, 4) is 0 Å². The van der Waals surface area contributed by atoms with Crippen molar-refractivity contribution in [2.24, 2.45) is 0 Å². The highest BCUT2D eigenvalue weighted by molar-refractivity contribution is 5.98. The molecule has 3 N–H and O–H groups in total. The van der Waals surface area contributed by atoms with Gasteiger partial charge >= 0.3 is 0 Å². The van der Waals surface area contributed by atoms with Crippen LogP contribution in [0.4, 0.5) is 10.1 Å². The van der Waals surface area contributed by atoms with Gasteiger partial charge in [-0.2, -0.15) is 0 Å². The van der Waals surface area contributed by atoms with Crippen LogP contribution < -0.4 is 16.0 Å². The minimum absolute atomic E-state index is 0.0480. The number of halogens is 1. The zero-order chi connectivity index (χ0) is 14.1. The number of hydrogen-bond acceptors (Lipinski definition) is 3. The van der Waals surface area contributed by atoms with Crippen LogP contribution >= 0.6 is 0 Å². The molecule has 0 aromatic heterocycles. The smallest absolute Gasteiger partial charge is 0.254 e.